The molecular weight excluding hydrogens is 226 g/mol. The number of nitrogens with one attached hydrogen (secondary N) is 1. The Morgan fingerprint density at radius 2 is 1.75 bits per heavy atom. The maximum Gasteiger partial charge on any atom is 0.203 e. The molecule has 0 radical (unpaired) electrons. The van der Waals surface area contributed by atoms with Crippen molar-refractivity contribution in [1.82, 2.24) is 5.32 Å². The van der Waals surface area contributed by atoms with Gasteiger partial charge in [0.2, 0.25) is 11.6 Å². The zero-order valence-corrected chi connectivity index (χ0v) is 8.20. The summed E-state index contributed by atoms with van der Waals surface area (Å²) >= 11 is 0. The number of hydrogen-bond donors (Lipinski definition) is 1. The zero-order chi connectivity index (χ0) is 11.7. The Hall–Kier alpha value is -1.30. The van der Waals surface area contributed by atoms with Crippen LogP contribution in [0.5, 0.6) is 5.75 Å². The van der Waals surface area contributed by atoms with E-state index in [2.05, 4.69) is 5.32 Å². The standard InChI is InChI=1S/C10H9F4NO/c11-6-3-7(12)9(14)10(8(6)13)16-5-1-2-15-4-5/h3,5,15H,1-2,4H2/t5-/m0/s1. The van der Waals surface area contributed by atoms with E-state index in [1.807, 2.05) is 0 Å². The van der Waals surface area contributed by atoms with Crippen LogP contribution in [0.1, 0.15) is 6.42 Å². The second-order valence-electron chi connectivity index (χ2n) is 3.53. The molecule has 0 aromatic heterocycles. The predicted molar refractivity (Wildman–Crippen MR) is 48.2 cm³/mol. The van der Waals surface area contributed by atoms with Crippen LogP contribution in [0.25, 0.3) is 0 Å². The molecule has 6 heteroatoms. The maximum absolute atomic E-state index is 13.2. The van der Waals surface area contributed by atoms with Crippen LogP contribution in [0, 0.1) is 23.3 Å². The summed E-state index contributed by atoms with van der Waals surface area (Å²) in [4.78, 5) is 0. The van der Waals surface area contributed by atoms with E-state index in [0.717, 1.165) is 0 Å². The molecule has 0 unspecified atom stereocenters. The minimum Gasteiger partial charge on any atom is -0.483 e. The third kappa shape index (κ3) is 1.97. The van der Waals surface area contributed by atoms with E-state index in [0.29, 0.717) is 19.5 Å². The van der Waals surface area contributed by atoms with E-state index < -0.39 is 35.1 Å². The van der Waals surface area contributed by atoms with Crippen LogP contribution >= 0.6 is 0 Å². The third-order valence-electron chi connectivity index (χ3n) is 2.37. The molecule has 16 heavy (non-hydrogen) atoms. The molecule has 1 saturated heterocycles. The highest BCUT2D eigenvalue weighted by molar-refractivity contribution is 5.29. The first-order chi connectivity index (χ1) is 7.59. The SMILES string of the molecule is Fc1cc(F)c(F)c(O[C@H]2CCNC2)c1F. The fourth-order valence-corrected chi connectivity index (χ4v) is 1.55. The summed E-state index contributed by atoms with van der Waals surface area (Å²) in [5.74, 6) is -6.89. The molecule has 0 amide bonds. The summed E-state index contributed by atoms with van der Waals surface area (Å²) in [6.07, 6.45) is 0.0713. The van der Waals surface area contributed by atoms with Gasteiger partial charge in [-0.25, -0.2) is 8.78 Å². The van der Waals surface area contributed by atoms with Crippen LogP contribution in [-0.4, -0.2) is 19.2 Å². The summed E-state index contributed by atoms with van der Waals surface area (Å²) in [7, 11) is 0. The molecule has 1 atom stereocenters. The second-order valence-corrected chi connectivity index (χ2v) is 3.53. The van der Waals surface area contributed by atoms with Crippen molar-refractivity contribution < 1.29 is 22.3 Å². The highest BCUT2D eigenvalue weighted by Gasteiger charge is 2.25. The minimum atomic E-state index is -1.49. The molecule has 2 nitrogen and oxygen atoms in total. The summed E-state index contributed by atoms with van der Waals surface area (Å²) in [6.45, 7) is 1.04. The fraction of sp³-hybridized carbons (Fsp3) is 0.400. The van der Waals surface area contributed by atoms with Gasteiger partial charge in [-0.05, 0) is 13.0 Å². The second kappa shape index (κ2) is 4.29. The lowest BCUT2D eigenvalue weighted by Crippen LogP contribution is -2.21. The molecule has 1 aliphatic heterocycles. The van der Waals surface area contributed by atoms with Crippen molar-refractivity contribution in [2.75, 3.05) is 13.1 Å². The number of halogens is 4. The first kappa shape index (κ1) is 11.2. The Kier molecular flexibility index (Phi) is 3.00. The molecule has 2 rings (SSSR count). The van der Waals surface area contributed by atoms with Crippen LogP contribution in [-0.2, 0) is 0 Å². The van der Waals surface area contributed by atoms with E-state index in [-0.39, 0.29) is 6.07 Å². The normalized spacial score (nSPS) is 20.1. The maximum atomic E-state index is 13.2. The molecule has 1 aromatic carbocycles. The molecule has 0 aliphatic carbocycles. The molecule has 1 fully saturated rings. The summed E-state index contributed by atoms with van der Waals surface area (Å²) < 4.78 is 56.9. The van der Waals surface area contributed by atoms with Crippen LogP contribution < -0.4 is 10.1 Å². The molecule has 0 spiro atoms. The average molecular weight is 235 g/mol. The van der Waals surface area contributed by atoms with Gasteiger partial charge in [0.05, 0.1) is 0 Å². The van der Waals surface area contributed by atoms with Crippen molar-refractivity contribution >= 4 is 0 Å². The van der Waals surface area contributed by atoms with Gasteiger partial charge < -0.3 is 10.1 Å². The largest absolute Gasteiger partial charge is 0.483 e. The van der Waals surface area contributed by atoms with Crippen LogP contribution in [0.2, 0.25) is 0 Å². The lowest BCUT2D eigenvalue weighted by Gasteiger charge is -2.14. The van der Waals surface area contributed by atoms with Gasteiger partial charge in [0.15, 0.2) is 17.4 Å². The van der Waals surface area contributed by atoms with Gasteiger partial charge in [0, 0.05) is 12.6 Å². The van der Waals surface area contributed by atoms with Gasteiger partial charge in [-0.3, -0.25) is 0 Å². The first-order valence-corrected chi connectivity index (χ1v) is 4.80. The predicted octanol–water partition coefficient (Wildman–Crippen LogP) is 1.98. The van der Waals surface area contributed by atoms with E-state index in [4.69, 9.17) is 4.74 Å². The van der Waals surface area contributed by atoms with E-state index >= 15 is 0 Å². The summed E-state index contributed by atoms with van der Waals surface area (Å²) in [5, 5.41) is 2.90. The lowest BCUT2D eigenvalue weighted by atomic mass is 10.2. The zero-order valence-electron chi connectivity index (χ0n) is 8.20. The number of hydrogen-bond acceptors (Lipinski definition) is 2. The van der Waals surface area contributed by atoms with Crippen molar-refractivity contribution in [3.63, 3.8) is 0 Å². The Labute approximate surface area is 89.2 Å². The van der Waals surface area contributed by atoms with Gasteiger partial charge in [-0.1, -0.05) is 0 Å². The van der Waals surface area contributed by atoms with Crippen LogP contribution in [0.3, 0.4) is 0 Å². The number of ether oxygens (including phenoxy) is 1. The summed E-state index contributed by atoms with van der Waals surface area (Å²) in [5.41, 5.74) is 0. The molecule has 1 aliphatic rings. The quantitative estimate of drug-likeness (QED) is 0.625. The molecule has 1 heterocycles. The fourth-order valence-electron chi connectivity index (χ4n) is 1.55. The van der Waals surface area contributed by atoms with E-state index in [1.54, 1.807) is 0 Å². The topological polar surface area (TPSA) is 21.3 Å². The van der Waals surface area contributed by atoms with Crippen molar-refractivity contribution in [2.45, 2.75) is 12.5 Å². The lowest BCUT2D eigenvalue weighted by molar-refractivity contribution is 0.196. The Morgan fingerprint density at radius 3 is 2.25 bits per heavy atom. The Bertz CT molecular complexity index is 378. The number of benzene rings is 1. The van der Waals surface area contributed by atoms with Crippen molar-refractivity contribution in [1.29, 1.82) is 0 Å². The Balaban J connectivity index is 2.31. The highest BCUT2D eigenvalue weighted by atomic mass is 19.2. The average Bonchev–Trinajstić information content (AvgIpc) is 2.74. The monoisotopic (exact) mass is 235 g/mol. The highest BCUT2D eigenvalue weighted by Crippen LogP contribution is 2.28. The van der Waals surface area contributed by atoms with Gasteiger partial charge in [0.25, 0.3) is 0 Å². The third-order valence-corrected chi connectivity index (χ3v) is 2.37. The molecule has 0 bridgehead atoms. The van der Waals surface area contributed by atoms with Crippen molar-refractivity contribution in [2.24, 2.45) is 0 Å². The van der Waals surface area contributed by atoms with Gasteiger partial charge >= 0.3 is 0 Å². The van der Waals surface area contributed by atoms with Crippen LogP contribution in [0.15, 0.2) is 6.07 Å². The van der Waals surface area contributed by atoms with E-state index in [1.165, 1.54) is 0 Å². The number of rotatable bonds is 2. The summed E-state index contributed by atoms with van der Waals surface area (Å²) in [6, 6.07) is 0.157. The minimum absolute atomic E-state index is 0.157. The smallest absolute Gasteiger partial charge is 0.203 e. The first-order valence-electron chi connectivity index (χ1n) is 4.80. The molecule has 88 valence electrons. The van der Waals surface area contributed by atoms with Gasteiger partial charge in [-0.15, -0.1) is 0 Å². The van der Waals surface area contributed by atoms with Crippen molar-refractivity contribution in [3.05, 3.63) is 29.3 Å². The van der Waals surface area contributed by atoms with Gasteiger partial charge in [-0.2, -0.15) is 8.78 Å². The molecule has 1 aromatic rings. The van der Waals surface area contributed by atoms with Gasteiger partial charge in [0.1, 0.15) is 6.10 Å². The molecule has 0 saturated carbocycles. The van der Waals surface area contributed by atoms with Crippen LogP contribution in [0.4, 0.5) is 17.6 Å². The van der Waals surface area contributed by atoms with Crippen molar-refractivity contribution in [3.8, 4) is 5.75 Å². The molecular formula is C10H9F4NO. The molecule has 1 N–H and O–H groups in total. The van der Waals surface area contributed by atoms with E-state index in [9.17, 15) is 17.6 Å². The Morgan fingerprint density at radius 1 is 1.12 bits per heavy atom.